The minimum atomic E-state index is 0.305. The molecule has 1 aromatic rings. The Morgan fingerprint density at radius 1 is 1.25 bits per heavy atom. The summed E-state index contributed by atoms with van der Waals surface area (Å²) in [4.78, 5) is 0. The molecule has 1 aliphatic heterocycles. The second-order valence-corrected chi connectivity index (χ2v) is 4.64. The van der Waals surface area contributed by atoms with Crippen molar-refractivity contribution in [3.63, 3.8) is 0 Å². The van der Waals surface area contributed by atoms with Gasteiger partial charge in [-0.3, -0.25) is 0 Å². The van der Waals surface area contributed by atoms with E-state index >= 15 is 0 Å². The van der Waals surface area contributed by atoms with Crippen LogP contribution in [-0.4, -0.2) is 19.3 Å². The van der Waals surface area contributed by atoms with Crippen LogP contribution in [0.4, 0.5) is 0 Å². The minimum Gasteiger partial charge on any atom is -0.376 e. The standard InChI is InChI=1S/C14H20O2/c1-12-7-8-14(16-9-12)11-15-10-13-5-3-2-4-6-13/h2-6,12,14H,7-11H2,1H3. The highest BCUT2D eigenvalue weighted by Crippen LogP contribution is 2.18. The van der Waals surface area contributed by atoms with E-state index in [9.17, 15) is 0 Å². The lowest BCUT2D eigenvalue weighted by atomic mass is 10.0. The molecule has 1 heterocycles. The van der Waals surface area contributed by atoms with Crippen molar-refractivity contribution < 1.29 is 9.47 Å². The predicted octanol–water partition coefficient (Wildman–Crippen LogP) is 3.02. The molecule has 0 spiro atoms. The van der Waals surface area contributed by atoms with Crippen molar-refractivity contribution in [2.24, 2.45) is 5.92 Å². The number of hydrogen-bond donors (Lipinski definition) is 0. The van der Waals surface area contributed by atoms with Crippen molar-refractivity contribution in [2.75, 3.05) is 13.2 Å². The van der Waals surface area contributed by atoms with E-state index in [4.69, 9.17) is 9.47 Å². The summed E-state index contributed by atoms with van der Waals surface area (Å²) < 4.78 is 11.4. The van der Waals surface area contributed by atoms with Gasteiger partial charge in [0.2, 0.25) is 0 Å². The fraction of sp³-hybridized carbons (Fsp3) is 0.571. The van der Waals surface area contributed by atoms with Crippen LogP contribution < -0.4 is 0 Å². The average Bonchev–Trinajstić information content (AvgIpc) is 2.33. The molecular formula is C14H20O2. The van der Waals surface area contributed by atoms with Gasteiger partial charge in [0.25, 0.3) is 0 Å². The normalized spacial score (nSPS) is 25.6. The molecule has 88 valence electrons. The van der Waals surface area contributed by atoms with Crippen molar-refractivity contribution in [2.45, 2.75) is 32.5 Å². The van der Waals surface area contributed by atoms with Crippen molar-refractivity contribution in [3.05, 3.63) is 35.9 Å². The molecule has 2 rings (SSSR count). The topological polar surface area (TPSA) is 18.5 Å². The number of rotatable bonds is 4. The summed E-state index contributed by atoms with van der Waals surface area (Å²) >= 11 is 0. The molecule has 2 unspecified atom stereocenters. The van der Waals surface area contributed by atoms with E-state index in [1.807, 2.05) is 18.2 Å². The molecule has 0 aromatic heterocycles. The molecule has 16 heavy (non-hydrogen) atoms. The fourth-order valence-corrected chi connectivity index (χ4v) is 1.95. The molecule has 0 radical (unpaired) electrons. The number of benzene rings is 1. The molecule has 2 nitrogen and oxygen atoms in total. The van der Waals surface area contributed by atoms with E-state index in [1.54, 1.807) is 0 Å². The molecule has 0 aliphatic carbocycles. The zero-order valence-electron chi connectivity index (χ0n) is 9.89. The summed E-state index contributed by atoms with van der Waals surface area (Å²) in [5, 5.41) is 0. The third-order valence-corrected chi connectivity index (χ3v) is 3.01. The first-order chi connectivity index (χ1) is 7.84. The summed E-state index contributed by atoms with van der Waals surface area (Å²) in [6.45, 7) is 4.54. The summed E-state index contributed by atoms with van der Waals surface area (Å²) in [5.74, 6) is 0.713. The van der Waals surface area contributed by atoms with Crippen LogP contribution in [0.25, 0.3) is 0 Å². The van der Waals surface area contributed by atoms with Crippen LogP contribution in [0.15, 0.2) is 30.3 Å². The van der Waals surface area contributed by atoms with Crippen LogP contribution in [0.5, 0.6) is 0 Å². The summed E-state index contributed by atoms with van der Waals surface area (Å²) in [5.41, 5.74) is 1.23. The van der Waals surface area contributed by atoms with E-state index in [1.165, 1.54) is 12.0 Å². The van der Waals surface area contributed by atoms with Crippen LogP contribution in [0.1, 0.15) is 25.3 Å². The summed E-state index contributed by atoms with van der Waals surface area (Å²) in [7, 11) is 0. The second-order valence-electron chi connectivity index (χ2n) is 4.64. The first-order valence-corrected chi connectivity index (χ1v) is 6.08. The van der Waals surface area contributed by atoms with Crippen LogP contribution >= 0.6 is 0 Å². The lowest BCUT2D eigenvalue weighted by molar-refractivity contribution is -0.0612. The van der Waals surface area contributed by atoms with Crippen molar-refractivity contribution in [1.82, 2.24) is 0 Å². The van der Waals surface area contributed by atoms with E-state index < -0.39 is 0 Å². The first kappa shape index (κ1) is 11.6. The third kappa shape index (κ3) is 3.62. The zero-order chi connectivity index (χ0) is 11.2. The number of ether oxygens (including phenoxy) is 2. The third-order valence-electron chi connectivity index (χ3n) is 3.01. The highest BCUT2D eigenvalue weighted by atomic mass is 16.5. The van der Waals surface area contributed by atoms with Gasteiger partial charge in [-0.1, -0.05) is 37.3 Å². The Morgan fingerprint density at radius 2 is 2.06 bits per heavy atom. The van der Waals surface area contributed by atoms with Crippen LogP contribution in [-0.2, 0) is 16.1 Å². The van der Waals surface area contributed by atoms with Gasteiger partial charge < -0.3 is 9.47 Å². The Kier molecular flexibility index (Phi) is 4.37. The maximum atomic E-state index is 5.70. The molecular weight excluding hydrogens is 200 g/mol. The summed E-state index contributed by atoms with van der Waals surface area (Å²) in [6, 6.07) is 10.3. The molecule has 0 N–H and O–H groups in total. The summed E-state index contributed by atoms with van der Waals surface area (Å²) in [6.07, 6.45) is 2.70. The van der Waals surface area contributed by atoms with Crippen LogP contribution in [0.3, 0.4) is 0 Å². The Balaban J connectivity index is 1.65. The van der Waals surface area contributed by atoms with Gasteiger partial charge >= 0.3 is 0 Å². The first-order valence-electron chi connectivity index (χ1n) is 6.08. The molecule has 0 amide bonds. The lowest BCUT2D eigenvalue weighted by Gasteiger charge is -2.26. The predicted molar refractivity (Wildman–Crippen MR) is 64.2 cm³/mol. The molecule has 0 bridgehead atoms. The van der Waals surface area contributed by atoms with Crippen molar-refractivity contribution >= 4 is 0 Å². The maximum absolute atomic E-state index is 5.70. The Hall–Kier alpha value is -0.860. The van der Waals surface area contributed by atoms with Crippen LogP contribution in [0, 0.1) is 5.92 Å². The van der Waals surface area contributed by atoms with Gasteiger partial charge in [0.1, 0.15) is 0 Å². The van der Waals surface area contributed by atoms with Gasteiger partial charge in [-0.25, -0.2) is 0 Å². The molecule has 0 saturated carbocycles. The van der Waals surface area contributed by atoms with Crippen molar-refractivity contribution in [1.29, 1.82) is 0 Å². The highest BCUT2D eigenvalue weighted by molar-refractivity contribution is 5.13. The fourth-order valence-electron chi connectivity index (χ4n) is 1.95. The Labute approximate surface area is 97.6 Å². The van der Waals surface area contributed by atoms with Crippen molar-refractivity contribution in [3.8, 4) is 0 Å². The van der Waals surface area contributed by atoms with Gasteiger partial charge in [-0.2, -0.15) is 0 Å². The zero-order valence-corrected chi connectivity index (χ0v) is 9.89. The van der Waals surface area contributed by atoms with Gasteiger partial charge in [-0.15, -0.1) is 0 Å². The average molecular weight is 220 g/mol. The van der Waals surface area contributed by atoms with Gasteiger partial charge in [0.05, 0.1) is 19.3 Å². The number of hydrogen-bond acceptors (Lipinski definition) is 2. The van der Waals surface area contributed by atoms with Gasteiger partial charge in [-0.05, 0) is 24.3 Å². The lowest BCUT2D eigenvalue weighted by Crippen LogP contribution is -2.28. The Bertz CT molecular complexity index is 289. The molecule has 1 saturated heterocycles. The van der Waals surface area contributed by atoms with Crippen LogP contribution in [0.2, 0.25) is 0 Å². The molecule has 1 aromatic carbocycles. The quantitative estimate of drug-likeness (QED) is 0.776. The Morgan fingerprint density at radius 3 is 2.75 bits per heavy atom. The molecule has 2 atom stereocenters. The molecule has 1 fully saturated rings. The minimum absolute atomic E-state index is 0.305. The van der Waals surface area contributed by atoms with Gasteiger partial charge in [0.15, 0.2) is 0 Å². The molecule has 1 aliphatic rings. The molecule has 2 heteroatoms. The monoisotopic (exact) mass is 220 g/mol. The maximum Gasteiger partial charge on any atom is 0.0808 e. The largest absolute Gasteiger partial charge is 0.376 e. The highest BCUT2D eigenvalue weighted by Gasteiger charge is 2.18. The van der Waals surface area contributed by atoms with E-state index in [-0.39, 0.29) is 0 Å². The smallest absolute Gasteiger partial charge is 0.0808 e. The van der Waals surface area contributed by atoms with E-state index in [0.29, 0.717) is 18.6 Å². The second kappa shape index (κ2) is 6.02. The van der Waals surface area contributed by atoms with Gasteiger partial charge in [0, 0.05) is 6.61 Å². The van der Waals surface area contributed by atoms with E-state index in [2.05, 4.69) is 19.1 Å². The SMILES string of the molecule is CC1CCC(COCc2ccccc2)OC1. The van der Waals surface area contributed by atoms with E-state index in [0.717, 1.165) is 19.6 Å².